The Morgan fingerprint density at radius 3 is 2.96 bits per heavy atom. The lowest BCUT2D eigenvalue weighted by Gasteiger charge is -2.19. The highest BCUT2D eigenvalue weighted by atomic mass is 16.5. The Labute approximate surface area is 141 Å². The molecule has 1 N–H and O–H groups in total. The first-order chi connectivity index (χ1) is 11.7. The van der Waals surface area contributed by atoms with Gasteiger partial charge in [-0.1, -0.05) is 0 Å². The van der Waals surface area contributed by atoms with E-state index in [1.54, 1.807) is 13.2 Å². The zero-order chi connectivity index (χ0) is 16.9. The number of carbonyl (C=O) groups is 1. The van der Waals surface area contributed by atoms with Crippen molar-refractivity contribution < 1.29 is 13.9 Å². The first-order valence-corrected chi connectivity index (χ1v) is 8.09. The second-order valence-electron chi connectivity index (χ2n) is 5.77. The summed E-state index contributed by atoms with van der Waals surface area (Å²) in [5.41, 5.74) is 2.70. The smallest absolute Gasteiger partial charge is 0.257 e. The largest absolute Gasteiger partial charge is 0.472 e. The maximum Gasteiger partial charge on any atom is 0.257 e. The highest BCUT2D eigenvalue weighted by molar-refractivity contribution is 5.93. The van der Waals surface area contributed by atoms with E-state index in [9.17, 15) is 4.79 Å². The number of anilines is 1. The van der Waals surface area contributed by atoms with Gasteiger partial charge >= 0.3 is 0 Å². The topological polar surface area (TPSA) is 80.5 Å². The Morgan fingerprint density at radius 2 is 2.21 bits per heavy atom. The van der Waals surface area contributed by atoms with Crippen molar-refractivity contribution in [2.75, 3.05) is 38.7 Å². The second kappa shape index (κ2) is 7.44. The number of carbonyl (C=O) groups excluding carboxylic acids is 1. The van der Waals surface area contributed by atoms with Gasteiger partial charge in [0, 0.05) is 38.7 Å². The van der Waals surface area contributed by atoms with Crippen LogP contribution in [0, 0.1) is 6.92 Å². The third kappa shape index (κ3) is 3.56. The van der Waals surface area contributed by atoms with Crippen molar-refractivity contribution in [3.63, 3.8) is 0 Å². The zero-order valence-electron chi connectivity index (χ0n) is 14.0. The minimum absolute atomic E-state index is 0.00451. The van der Waals surface area contributed by atoms with Crippen LogP contribution in [0.5, 0.6) is 0 Å². The Bertz CT molecular complexity index is 700. The molecule has 0 atom stereocenters. The van der Waals surface area contributed by atoms with Crippen molar-refractivity contribution in [3.8, 4) is 0 Å². The molecule has 128 valence electrons. The minimum Gasteiger partial charge on any atom is -0.472 e. The van der Waals surface area contributed by atoms with Crippen LogP contribution in [0.2, 0.25) is 0 Å². The summed E-state index contributed by atoms with van der Waals surface area (Å²) in [6, 6.07) is 1.70. The van der Waals surface area contributed by atoms with Gasteiger partial charge in [-0.15, -0.1) is 0 Å². The summed E-state index contributed by atoms with van der Waals surface area (Å²) < 4.78 is 10.1. The van der Waals surface area contributed by atoms with E-state index in [1.807, 2.05) is 11.8 Å². The van der Waals surface area contributed by atoms with Crippen LogP contribution >= 0.6 is 0 Å². The molecule has 0 bridgehead atoms. The molecule has 1 aliphatic rings. The molecular formula is C17H22N4O3. The Balaban J connectivity index is 1.77. The fourth-order valence-corrected chi connectivity index (χ4v) is 2.91. The summed E-state index contributed by atoms with van der Waals surface area (Å²) in [7, 11) is 1.67. The van der Waals surface area contributed by atoms with Gasteiger partial charge in [0.05, 0.1) is 24.1 Å². The van der Waals surface area contributed by atoms with E-state index in [0.29, 0.717) is 31.8 Å². The van der Waals surface area contributed by atoms with Crippen molar-refractivity contribution in [1.82, 2.24) is 14.9 Å². The van der Waals surface area contributed by atoms with E-state index in [4.69, 9.17) is 9.15 Å². The number of rotatable bonds is 5. The van der Waals surface area contributed by atoms with Crippen molar-refractivity contribution in [1.29, 1.82) is 0 Å². The molecule has 0 saturated carbocycles. The predicted molar refractivity (Wildman–Crippen MR) is 89.2 cm³/mol. The van der Waals surface area contributed by atoms with E-state index in [-0.39, 0.29) is 5.91 Å². The van der Waals surface area contributed by atoms with Crippen LogP contribution in [-0.4, -0.2) is 54.1 Å². The molecule has 2 aromatic rings. The Kier molecular flexibility index (Phi) is 5.10. The molecule has 1 aliphatic heterocycles. The molecule has 0 radical (unpaired) electrons. The number of furan rings is 1. The zero-order valence-corrected chi connectivity index (χ0v) is 14.0. The van der Waals surface area contributed by atoms with Crippen LogP contribution < -0.4 is 5.32 Å². The number of amides is 1. The molecular weight excluding hydrogens is 308 g/mol. The Hall–Kier alpha value is -2.41. The lowest BCUT2D eigenvalue weighted by atomic mass is 10.1. The quantitative estimate of drug-likeness (QED) is 0.840. The molecule has 0 fully saturated rings. The molecule has 0 aliphatic carbocycles. The first-order valence-electron chi connectivity index (χ1n) is 8.09. The third-order valence-electron chi connectivity index (χ3n) is 4.11. The van der Waals surface area contributed by atoms with Gasteiger partial charge in [-0.25, -0.2) is 9.97 Å². The maximum atomic E-state index is 12.5. The van der Waals surface area contributed by atoms with Gasteiger partial charge in [0.25, 0.3) is 5.91 Å². The van der Waals surface area contributed by atoms with Crippen LogP contribution in [0.15, 0.2) is 23.0 Å². The summed E-state index contributed by atoms with van der Waals surface area (Å²) >= 11 is 0. The fourth-order valence-electron chi connectivity index (χ4n) is 2.91. The summed E-state index contributed by atoms with van der Waals surface area (Å²) in [5.74, 6) is 1.59. The summed E-state index contributed by atoms with van der Waals surface area (Å²) in [6.07, 6.45) is 4.46. The highest BCUT2D eigenvalue weighted by Crippen LogP contribution is 2.22. The van der Waals surface area contributed by atoms with Gasteiger partial charge in [-0.2, -0.15) is 0 Å². The van der Waals surface area contributed by atoms with Crippen LogP contribution in [0.3, 0.4) is 0 Å². The first kappa shape index (κ1) is 16.4. The molecule has 0 unspecified atom stereocenters. The highest BCUT2D eigenvalue weighted by Gasteiger charge is 2.23. The number of hydrogen-bond donors (Lipinski definition) is 1. The number of fused-ring (bicyclic) bond motifs is 1. The van der Waals surface area contributed by atoms with Crippen molar-refractivity contribution in [2.45, 2.75) is 19.8 Å². The van der Waals surface area contributed by atoms with E-state index in [1.165, 1.54) is 12.5 Å². The molecule has 0 spiro atoms. The standard InChI is InChI=1S/C17H22N4O3/c1-12-19-15-4-8-21(17(22)13-5-9-24-11-13)7-3-14(15)16(20-12)18-6-10-23-2/h5,9,11H,3-4,6-8,10H2,1-2H3,(H,18,19,20). The van der Waals surface area contributed by atoms with Crippen molar-refractivity contribution in [2.24, 2.45) is 0 Å². The molecule has 0 saturated heterocycles. The second-order valence-corrected chi connectivity index (χ2v) is 5.77. The van der Waals surface area contributed by atoms with E-state index >= 15 is 0 Å². The number of nitrogens with one attached hydrogen (secondary N) is 1. The van der Waals surface area contributed by atoms with Crippen LogP contribution in [0.25, 0.3) is 0 Å². The van der Waals surface area contributed by atoms with Crippen LogP contribution in [0.4, 0.5) is 5.82 Å². The van der Waals surface area contributed by atoms with Crippen LogP contribution in [0.1, 0.15) is 27.4 Å². The average molecular weight is 330 g/mol. The molecule has 3 rings (SSSR count). The maximum absolute atomic E-state index is 12.5. The molecule has 24 heavy (non-hydrogen) atoms. The molecule has 2 aromatic heterocycles. The number of hydrogen-bond acceptors (Lipinski definition) is 6. The number of ether oxygens (including phenoxy) is 1. The van der Waals surface area contributed by atoms with Gasteiger partial charge in [-0.05, 0) is 19.4 Å². The summed E-state index contributed by atoms with van der Waals surface area (Å²) in [6.45, 7) is 4.48. The van der Waals surface area contributed by atoms with E-state index in [2.05, 4.69) is 15.3 Å². The number of aromatic nitrogens is 2. The normalized spacial score (nSPS) is 14.2. The SMILES string of the molecule is COCCNc1nc(C)nc2c1CCN(C(=O)c1ccoc1)CC2. The van der Waals surface area contributed by atoms with Crippen molar-refractivity contribution in [3.05, 3.63) is 41.2 Å². The average Bonchev–Trinajstić information content (AvgIpc) is 3.02. The minimum atomic E-state index is -0.00451. The van der Waals surface area contributed by atoms with E-state index in [0.717, 1.165) is 35.7 Å². The number of nitrogens with zero attached hydrogens (tertiary/aromatic N) is 3. The van der Waals surface area contributed by atoms with Crippen LogP contribution in [-0.2, 0) is 17.6 Å². The fraction of sp³-hybridized carbons (Fsp3) is 0.471. The molecule has 1 amide bonds. The monoisotopic (exact) mass is 330 g/mol. The molecule has 3 heterocycles. The van der Waals surface area contributed by atoms with Gasteiger partial charge in [0.15, 0.2) is 0 Å². The third-order valence-corrected chi connectivity index (χ3v) is 4.11. The number of methoxy groups -OCH3 is 1. The predicted octanol–water partition coefficient (Wildman–Crippen LogP) is 1.68. The van der Waals surface area contributed by atoms with Gasteiger partial charge < -0.3 is 19.4 Å². The Morgan fingerprint density at radius 1 is 1.38 bits per heavy atom. The van der Waals surface area contributed by atoms with Gasteiger partial charge in [0.2, 0.25) is 0 Å². The lowest BCUT2D eigenvalue weighted by molar-refractivity contribution is 0.0762. The number of aryl methyl sites for hydroxylation is 1. The van der Waals surface area contributed by atoms with Gasteiger partial charge in [-0.3, -0.25) is 4.79 Å². The molecule has 7 nitrogen and oxygen atoms in total. The van der Waals surface area contributed by atoms with Gasteiger partial charge in [0.1, 0.15) is 17.9 Å². The lowest BCUT2D eigenvalue weighted by Crippen LogP contribution is -2.33. The molecule has 7 heteroatoms. The summed E-state index contributed by atoms with van der Waals surface area (Å²) in [5, 5.41) is 3.32. The summed E-state index contributed by atoms with van der Waals surface area (Å²) in [4.78, 5) is 23.5. The van der Waals surface area contributed by atoms with Crippen molar-refractivity contribution >= 4 is 11.7 Å². The molecule has 0 aromatic carbocycles. The van der Waals surface area contributed by atoms with E-state index < -0.39 is 0 Å².